The van der Waals surface area contributed by atoms with E-state index in [0.717, 1.165) is 25.7 Å². The Labute approximate surface area is 165 Å². The molecular weight excluding hydrogens is 336 g/mol. The second-order valence-corrected chi connectivity index (χ2v) is 8.09. The molecule has 2 aliphatic carbocycles. The Morgan fingerprint density at radius 2 is 1.36 bits per heavy atom. The van der Waals surface area contributed by atoms with Crippen molar-refractivity contribution in [1.29, 1.82) is 0 Å². The van der Waals surface area contributed by atoms with Crippen molar-refractivity contribution in [2.45, 2.75) is 25.7 Å². The van der Waals surface area contributed by atoms with Crippen LogP contribution in [0.2, 0.25) is 0 Å². The van der Waals surface area contributed by atoms with Crippen LogP contribution in [-0.4, -0.2) is 0 Å². The van der Waals surface area contributed by atoms with Gasteiger partial charge < -0.3 is 0 Å². The zero-order chi connectivity index (χ0) is 18.5. The molecule has 0 fully saturated rings. The number of fused-ring (bicyclic) bond motifs is 6. The number of hydrogen-bond acceptors (Lipinski definition) is 0. The number of hydrogen-bond donors (Lipinski definition) is 0. The fourth-order valence-electron chi connectivity index (χ4n) is 5.05. The lowest BCUT2D eigenvalue weighted by Gasteiger charge is -2.11. The van der Waals surface area contributed by atoms with Crippen LogP contribution >= 0.6 is 0 Å². The van der Waals surface area contributed by atoms with E-state index in [1.807, 2.05) is 0 Å². The molecule has 4 aromatic rings. The summed E-state index contributed by atoms with van der Waals surface area (Å²) < 4.78 is 0. The first kappa shape index (κ1) is 15.9. The van der Waals surface area contributed by atoms with Crippen molar-refractivity contribution in [3.05, 3.63) is 107 Å². The van der Waals surface area contributed by atoms with E-state index in [-0.39, 0.29) is 0 Å². The highest BCUT2D eigenvalue weighted by molar-refractivity contribution is 5.97. The van der Waals surface area contributed by atoms with Crippen LogP contribution in [0, 0.1) is 0 Å². The van der Waals surface area contributed by atoms with E-state index in [4.69, 9.17) is 0 Å². The molecule has 0 radical (unpaired) electrons. The van der Waals surface area contributed by atoms with Crippen molar-refractivity contribution < 1.29 is 0 Å². The third-order valence-corrected chi connectivity index (χ3v) is 6.45. The summed E-state index contributed by atoms with van der Waals surface area (Å²) in [5.74, 6) is 0. The van der Waals surface area contributed by atoms with Crippen LogP contribution in [0.3, 0.4) is 0 Å². The predicted molar refractivity (Wildman–Crippen MR) is 120 cm³/mol. The van der Waals surface area contributed by atoms with Gasteiger partial charge in [-0.05, 0) is 75.1 Å². The highest BCUT2D eigenvalue weighted by Crippen LogP contribution is 2.39. The molecule has 2 aliphatic rings. The summed E-state index contributed by atoms with van der Waals surface area (Å²) in [7, 11) is 0. The van der Waals surface area contributed by atoms with Crippen LogP contribution in [0.15, 0.2) is 84.4 Å². The topological polar surface area (TPSA) is 0 Å². The molecule has 0 saturated heterocycles. The quantitative estimate of drug-likeness (QED) is 0.359. The molecule has 0 saturated carbocycles. The Morgan fingerprint density at radius 1 is 0.643 bits per heavy atom. The fraction of sp³-hybridized carbons (Fsp3) is 0.143. The molecule has 0 N–H and O–H groups in total. The second-order valence-electron chi connectivity index (χ2n) is 8.09. The maximum Gasteiger partial charge on any atom is -0.00575 e. The van der Waals surface area contributed by atoms with Gasteiger partial charge in [0, 0.05) is 0 Å². The molecule has 0 amide bonds. The summed E-state index contributed by atoms with van der Waals surface area (Å²) in [4.78, 5) is 0. The molecule has 134 valence electrons. The highest BCUT2D eigenvalue weighted by atomic mass is 14.2. The van der Waals surface area contributed by atoms with Gasteiger partial charge in [0.15, 0.2) is 0 Å². The van der Waals surface area contributed by atoms with Crippen LogP contribution in [0.1, 0.15) is 35.1 Å². The van der Waals surface area contributed by atoms with Crippen molar-refractivity contribution in [1.82, 2.24) is 0 Å². The fourth-order valence-corrected chi connectivity index (χ4v) is 5.05. The van der Waals surface area contributed by atoms with Gasteiger partial charge in [0.1, 0.15) is 0 Å². The summed E-state index contributed by atoms with van der Waals surface area (Å²) in [6.07, 6.45) is 9.39. The Kier molecular flexibility index (Phi) is 3.52. The average Bonchev–Trinajstić information content (AvgIpc) is 3.36. The van der Waals surface area contributed by atoms with Gasteiger partial charge in [-0.2, -0.15) is 0 Å². The lowest BCUT2D eigenvalue weighted by Crippen LogP contribution is -1.90. The summed E-state index contributed by atoms with van der Waals surface area (Å²) in [5.41, 5.74) is 9.02. The predicted octanol–water partition coefficient (Wildman–Crippen LogP) is 7.35. The molecule has 0 unspecified atom stereocenters. The van der Waals surface area contributed by atoms with Gasteiger partial charge in [0.25, 0.3) is 0 Å². The Balaban J connectivity index is 1.30. The Hall–Kier alpha value is -3.12. The molecule has 28 heavy (non-hydrogen) atoms. The van der Waals surface area contributed by atoms with E-state index in [1.165, 1.54) is 49.4 Å². The van der Waals surface area contributed by atoms with E-state index >= 15 is 0 Å². The number of allylic oxidation sites excluding steroid dienone is 3. The first-order valence-corrected chi connectivity index (χ1v) is 10.3. The maximum atomic E-state index is 2.46. The summed E-state index contributed by atoms with van der Waals surface area (Å²) >= 11 is 0. The minimum absolute atomic E-state index is 1.08. The van der Waals surface area contributed by atoms with E-state index in [2.05, 4.69) is 84.9 Å². The van der Waals surface area contributed by atoms with Gasteiger partial charge in [0.2, 0.25) is 0 Å². The van der Waals surface area contributed by atoms with Crippen molar-refractivity contribution >= 4 is 33.2 Å². The number of benzene rings is 4. The molecule has 0 heterocycles. The van der Waals surface area contributed by atoms with Crippen molar-refractivity contribution in [2.75, 3.05) is 0 Å². The van der Waals surface area contributed by atoms with Gasteiger partial charge in [0.05, 0.1) is 0 Å². The van der Waals surface area contributed by atoms with Gasteiger partial charge in [-0.3, -0.25) is 0 Å². The minimum Gasteiger partial charge on any atom is -0.0763 e. The lowest BCUT2D eigenvalue weighted by atomic mass is 9.94. The lowest BCUT2D eigenvalue weighted by molar-refractivity contribution is 0.961. The summed E-state index contributed by atoms with van der Waals surface area (Å²) in [6, 6.07) is 26.7. The average molecular weight is 358 g/mol. The number of rotatable bonds is 3. The van der Waals surface area contributed by atoms with Crippen LogP contribution in [0.4, 0.5) is 0 Å². The standard InChI is InChI=1S/C28H22/c1-3-7-25-20(5-1)12-16-24-17-19(18-27(24)25)9-10-22-14-15-23-13-11-21-6-2-4-8-26(21)28(22)23/h1-8,11-14,16,18H,9-10,15,17H2. The van der Waals surface area contributed by atoms with Crippen LogP contribution in [0.25, 0.3) is 33.2 Å². The van der Waals surface area contributed by atoms with E-state index in [9.17, 15) is 0 Å². The van der Waals surface area contributed by atoms with Gasteiger partial charge in [-0.15, -0.1) is 0 Å². The van der Waals surface area contributed by atoms with Crippen LogP contribution < -0.4 is 0 Å². The Bertz CT molecular complexity index is 1300. The molecule has 0 atom stereocenters. The molecule has 0 aliphatic heterocycles. The molecule has 0 spiro atoms. The maximum absolute atomic E-state index is 2.46. The first-order valence-electron chi connectivity index (χ1n) is 10.3. The molecule has 0 nitrogen and oxygen atoms in total. The third-order valence-electron chi connectivity index (χ3n) is 6.45. The zero-order valence-electron chi connectivity index (χ0n) is 15.9. The van der Waals surface area contributed by atoms with Crippen molar-refractivity contribution in [2.24, 2.45) is 0 Å². The van der Waals surface area contributed by atoms with Gasteiger partial charge in [-0.25, -0.2) is 0 Å². The molecule has 0 aromatic heterocycles. The van der Waals surface area contributed by atoms with E-state index < -0.39 is 0 Å². The van der Waals surface area contributed by atoms with E-state index in [1.54, 1.807) is 5.57 Å². The third kappa shape index (κ3) is 2.45. The van der Waals surface area contributed by atoms with Gasteiger partial charge >= 0.3 is 0 Å². The molecule has 6 rings (SSSR count). The van der Waals surface area contributed by atoms with Crippen molar-refractivity contribution in [3.8, 4) is 0 Å². The minimum atomic E-state index is 1.08. The molecule has 0 heteroatoms. The summed E-state index contributed by atoms with van der Waals surface area (Å²) in [6.45, 7) is 0. The Morgan fingerprint density at radius 3 is 2.21 bits per heavy atom. The van der Waals surface area contributed by atoms with Crippen LogP contribution in [0.5, 0.6) is 0 Å². The van der Waals surface area contributed by atoms with Gasteiger partial charge in [-0.1, -0.05) is 90.5 Å². The second kappa shape index (κ2) is 6.21. The smallest absolute Gasteiger partial charge is 0.00575 e. The first-order chi connectivity index (χ1) is 13.9. The zero-order valence-corrected chi connectivity index (χ0v) is 15.9. The monoisotopic (exact) mass is 358 g/mol. The molecule has 0 bridgehead atoms. The molecular formula is C28H22. The SMILES string of the molecule is C1=C(CCC2=CCc3ccc4ccccc4c32)Cc2ccc3ccccc3c21. The normalized spacial score (nSPS) is 14.9. The highest BCUT2D eigenvalue weighted by Gasteiger charge is 2.19. The van der Waals surface area contributed by atoms with E-state index in [0.29, 0.717) is 0 Å². The van der Waals surface area contributed by atoms with Crippen molar-refractivity contribution in [3.63, 3.8) is 0 Å². The largest absolute Gasteiger partial charge is 0.0763 e. The summed E-state index contributed by atoms with van der Waals surface area (Å²) in [5, 5.41) is 5.51. The molecule has 4 aromatic carbocycles. The van der Waals surface area contributed by atoms with Crippen LogP contribution in [-0.2, 0) is 12.8 Å².